The third-order valence-electron chi connectivity index (χ3n) is 14.9. The number of carbonyl (C=O) groups is 3. The first-order chi connectivity index (χ1) is 36.0. The predicted molar refractivity (Wildman–Crippen MR) is 316 cm³/mol. The van der Waals surface area contributed by atoms with Crippen molar-refractivity contribution in [1.82, 2.24) is 0 Å². The first kappa shape index (κ1) is 70.9. The lowest BCUT2D eigenvalue weighted by Crippen LogP contribution is -2.30. The Morgan fingerprint density at radius 1 is 0.260 bits per heavy atom. The molecule has 0 aliphatic carbocycles. The lowest BCUT2D eigenvalue weighted by molar-refractivity contribution is -0.167. The van der Waals surface area contributed by atoms with E-state index in [4.69, 9.17) is 14.2 Å². The second kappa shape index (κ2) is 62.4. The van der Waals surface area contributed by atoms with Crippen LogP contribution in [0.2, 0.25) is 0 Å². The molecular weight excluding hydrogens is 901 g/mol. The van der Waals surface area contributed by atoms with E-state index in [9.17, 15) is 14.4 Å². The number of rotatable bonds is 61. The van der Waals surface area contributed by atoms with Gasteiger partial charge in [0.05, 0.1) is 0 Å². The van der Waals surface area contributed by atoms with E-state index in [0.717, 1.165) is 77.0 Å². The second-order valence-electron chi connectivity index (χ2n) is 22.4. The van der Waals surface area contributed by atoms with E-state index in [0.29, 0.717) is 19.3 Å². The van der Waals surface area contributed by atoms with Crippen molar-refractivity contribution in [3.63, 3.8) is 0 Å². The van der Waals surface area contributed by atoms with Crippen molar-refractivity contribution in [2.24, 2.45) is 0 Å². The molecule has 0 aliphatic rings. The Bertz CT molecular complexity index is 1180. The van der Waals surface area contributed by atoms with Crippen molar-refractivity contribution in [1.29, 1.82) is 0 Å². The van der Waals surface area contributed by atoms with E-state index in [-0.39, 0.29) is 31.1 Å². The smallest absolute Gasteiger partial charge is 0.306 e. The van der Waals surface area contributed by atoms with Crippen LogP contribution < -0.4 is 0 Å². The fourth-order valence-electron chi connectivity index (χ4n) is 9.97. The lowest BCUT2D eigenvalue weighted by Gasteiger charge is -2.18. The van der Waals surface area contributed by atoms with Crippen molar-refractivity contribution in [3.05, 3.63) is 24.3 Å². The van der Waals surface area contributed by atoms with Crippen LogP contribution in [0, 0.1) is 0 Å². The average molecular weight is 1030 g/mol. The molecule has 0 aromatic rings. The molecule has 0 spiro atoms. The SMILES string of the molecule is CCC/C=C\CCCCCCCC(=O)OCC(COC(=O)CCCCCCCCCCCCCCCCCCCCCCCCCCCCCCCCC)OC(=O)CCCCCCC/C=C\CCCCCCC. The maximum Gasteiger partial charge on any atom is 0.306 e. The molecule has 0 aliphatic heterocycles. The van der Waals surface area contributed by atoms with Crippen LogP contribution >= 0.6 is 0 Å². The van der Waals surface area contributed by atoms with E-state index in [1.54, 1.807) is 0 Å². The molecule has 0 amide bonds. The van der Waals surface area contributed by atoms with Crippen LogP contribution in [0.5, 0.6) is 0 Å². The summed E-state index contributed by atoms with van der Waals surface area (Å²) in [5, 5.41) is 0. The Hall–Kier alpha value is -2.11. The summed E-state index contributed by atoms with van der Waals surface area (Å²) in [5.41, 5.74) is 0. The number of hydrogen-bond acceptors (Lipinski definition) is 6. The fourth-order valence-corrected chi connectivity index (χ4v) is 9.97. The number of allylic oxidation sites excluding steroid dienone is 4. The Morgan fingerprint density at radius 3 is 0.740 bits per heavy atom. The van der Waals surface area contributed by atoms with Crippen molar-refractivity contribution < 1.29 is 28.6 Å². The van der Waals surface area contributed by atoms with Crippen molar-refractivity contribution in [2.45, 2.75) is 374 Å². The third-order valence-corrected chi connectivity index (χ3v) is 14.9. The van der Waals surface area contributed by atoms with Gasteiger partial charge in [-0.2, -0.15) is 0 Å². The second-order valence-corrected chi connectivity index (χ2v) is 22.4. The number of carbonyl (C=O) groups excluding carboxylic acids is 3. The van der Waals surface area contributed by atoms with Crippen LogP contribution in [0.1, 0.15) is 367 Å². The molecular formula is C67H126O6. The fraction of sp³-hybridized carbons (Fsp3) is 0.896. The first-order valence-corrected chi connectivity index (χ1v) is 32.8. The molecule has 0 saturated carbocycles. The summed E-state index contributed by atoms with van der Waals surface area (Å²) < 4.78 is 16.9. The van der Waals surface area contributed by atoms with Crippen LogP contribution in [0.4, 0.5) is 0 Å². The average Bonchev–Trinajstić information content (AvgIpc) is 3.39. The maximum absolute atomic E-state index is 12.8. The molecule has 0 bridgehead atoms. The van der Waals surface area contributed by atoms with Crippen LogP contribution in [-0.2, 0) is 28.6 Å². The Kier molecular flexibility index (Phi) is 60.6. The minimum Gasteiger partial charge on any atom is -0.462 e. The van der Waals surface area contributed by atoms with Gasteiger partial charge in [0.2, 0.25) is 0 Å². The van der Waals surface area contributed by atoms with Crippen LogP contribution in [0.25, 0.3) is 0 Å². The minimum atomic E-state index is -0.775. The molecule has 430 valence electrons. The van der Waals surface area contributed by atoms with Crippen molar-refractivity contribution >= 4 is 17.9 Å². The first-order valence-electron chi connectivity index (χ1n) is 32.8. The summed E-state index contributed by atoms with van der Waals surface area (Å²) in [4.78, 5) is 38.1. The molecule has 0 heterocycles. The molecule has 0 radical (unpaired) electrons. The zero-order chi connectivity index (χ0) is 52.9. The quantitative estimate of drug-likeness (QED) is 0.0261. The van der Waals surface area contributed by atoms with E-state index in [2.05, 4.69) is 45.1 Å². The van der Waals surface area contributed by atoms with Gasteiger partial charge in [-0.05, 0) is 64.2 Å². The molecule has 0 rings (SSSR count). The van der Waals surface area contributed by atoms with E-state index >= 15 is 0 Å². The van der Waals surface area contributed by atoms with Gasteiger partial charge in [-0.3, -0.25) is 14.4 Å². The summed E-state index contributed by atoms with van der Waals surface area (Å²) in [6, 6.07) is 0. The monoisotopic (exact) mass is 1030 g/mol. The molecule has 0 fully saturated rings. The van der Waals surface area contributed by atoms with Crippen LogP contribution in [0.15, 0.2) is 24.3 Å². The standard InChI is InChI=1S/C67H126O6/c1-4-7-10-13-16-19-22-24-26-27-28-29-30-31-32-33-34-35-36-37-38-39-40-41-42-44-45-48-51-54-57-60-66(69)72-63-64(62-71-65(68)59-56-53-50-47-21-18-15-12-9-6-3)73-67(70)61-58-55-52-49-46-43-25-23-20-17-14-11-8-5-2/h12,15,23,25,64H,4-11,13-14,16-22,24,26-63H2,1-3H3/b15-12-,25-23-. The molecule has 6 nitrogen and oxygen atoms in total. The van der Waals surface area contributed by atoms with Gasteiger partial charge < -0.3 is 14.2 Å². The van der Waals surface area contributed by atoms with Gasteiger partial charge in [0, 0.05) is 19.3 Å². The highest BCUT2D eigenvalue weighted by atomic mass is 16.6. The van der Waals surface area contributed by atoms with E-state index in [1.165, 1.54) is 250 Å². The summed E-state index contributed by atoms with van der Waals surface area (Å²) in [6.07, 6.45) is 75.1. The molecule has 6 heteroatoms. The van der Waals surface area contributed by atoms with Crippen LogP contribution in [0.3, 0.4) is 0 Å². The van der Waals surface area contributed by atoms with Gasteiger partial charge in [-0.25, -0.2) is 0 Å². The Balaban J connectivity index is 4.03. The Labute approximate surface area is 455 Å². The summed E-state index contributed by atoms with van der Waals surface area (Å²) in [6.45, 7) is 6.61. The zero-order valence-corrected chi connectivity index (χ0v) is 49.4. The molecule has 73 heavy (non-hydrogen) atoms. The number of hydrogen-bond donors (Lipinski definition) is 0. The van der Waals surface area contributed by atoms with E-state index in [1.807, 2.05) is 0 Å². The summed E-state index contributed by atoms with van der Waals surface area (Å²) >= 11 is 0. The largest absolute Gasteiger partial charge is 0.462 e. The van der Waals surface area contributed by atoms with E-state index < -0.39 is 6.10 Å². The number of unbranched alkanes of at least 4 members (excludes halogenated alkanes) is 46. The molecule has 0 N–H and O–H groups in total. The van der Waals surface area contributed by atoms with Gasteiger partial charge in [0.15, 0.2) is 6.10 Å². The summed E-state index contributed by atoms with van der Waals surface area (Å²) in [5.74, 6) is -0.872. The molecule has 1 atom stereocenters. The van der Waals surface area contributed by atoms with Gasteiger partial charge in [0.25, 0.3) is 0 Å². The van der Waals surface area contributed by atoms with Crippen LogP contribution in [-0.4, -0.2) is 37.2 Å². The molecule has 0 aromatic heterocycles. The van der Waals surface area contributed by atoms with Gasteiger partial charge in [-0.1, -0.05) is 308 Å². The topological polar surface area (TPSA) is 78.9 Å². The molecule has 1 unspecified atom stereocenters. The normalized spacial score (nSPS) is 12.1. The van der Waals surface area contributed by atoms with Crippen molar-refractivity contribution in [3.8, 4) is 0 Å². The number of ether oxygens (including phenoxy) is 3. The summed E-state index contributed by atoms with van der Waals surface area (Å²) in [7, 11) is 0. The van der Waals surface area contributed by atoms with Gasteiger partial charge >= 0.3 is 17.9 Å². The third kappa shape index (κ3) is 60.6. The minimum absolute atomic E-state index is 0.0730. The zero-order valence-electron chi connectivity index (χ0n) is 49.4. The lowest BCUT2D eigenvalue weighted by atomic mass is 10.0. The van der Waals surface area contributed by atoms with Gasteiger partial charge in [-0.15, -0.1) is 0 Å². The molecule has 0 aromatic carbocycles. The highest BCUT2D eigenvalue weighted by Gasteiger charge is 2.19. The highest BCUT2D eigenvalue weighted by molar-refractivity contribution is 5.71. The molecule has 0 saturated heterocycles. The van der Waals surface area contributed by atoms with Crippen molar-refractivity contribution in [2.75, 3.05) is 13.2 Å². The number of esters is 3. The highest BCUT2D eigenvalue weighted by Crippen LogP contribution is 2.18. The maximum atomic E-state index is 12.8. The van der Waals surface area contributed by atoms with Gasteiger partial charge in [0.1, 0.15) is 13.2 Å². The Morgan fingerprint density at radius 2 is 0.479 bits per heavy atom. The predicted octanol–water partition coefficient (Wildman–Crippen LogP) is 22.2.